The van der Waals surface area contributed by atoms with Crippen molar-refractivity contribution in [3.8, 4) is 11.3 Å². The molecule has 0 spiro atoms. The molecule has 2 saturated heterocycles. The van der Waals surface area contributed by atoms with E-state index in [0.717, 1.165) is 16.0 Å². The predicted molar refractivity (Wildman–Crippen MR) is 252 cm³/mol. The fourth-order valence-electron chi connectivity index (χ4n) is 8.64. The second kappa shape index (κ2) is 25.5. The van der Waals surface area contributed by atoms with Crippen LogP contribution in [0.4, 0.5) is 31.1 Å². The van der Waals surface area contributed by atoms with Gasteiger partial charge in [-0.3, -0.25) is 29.1 Å². The number of carbonyl (C=O) groups excluding carboxylic acids is 4. The molecular weight excluding hydrogens is 993 g/mol. The minimum Gasteiger partial charge on any atom is -0.460 e. The Morgan fingerprint density at radius 2 is 1.58 bits per heavy atom. The summed E-state index contributed by atoms with van der Waals surface area (Å²) in [6, 6.07) is 17.0. The van der Waals surface area contributed by atoms with Crippen molar-refractivity contribution in [1.29, 1.82) is 0 Å². The lowest BCUT2D eigenvalue weighted by molar-refractivity contribution is -0.143. The van der Waals surface area contributed by atoms with Crippen LogP contribution in [-0.4, -0.2) is 164 Å². The van der Waals surface area contributed by atoms with Gasteiger partial charge in [0.1, 0.15) is 49.6 Å². The molecule has 4 amide bonds. The molecule has 7 rings (SSSR count). The summed E-state index contributed by atoms with van der Waals surface area (Å²) < 4.78 is 112. The molecule has 5 heterocycles. The lowest BCUT2D eigenvalue weighted by atomic mass is 9.91. The Labute approximate surface area is 417 Å². The highest BCUT2D eigenvalue weighted by molar-refractivity contribution is 7.90. The van der Waals surface area contributed by atoms with Gasteiger partial charge in [0.15, 0.2) is 9.84 Å². The van der Waals surface area contributed by atoms with Crippen molar-refractivity contribution in [1.82, 2.24) is 45.9 Å². The molecule has 4 aromatic rings. The van der Waals surface area contributed by atoms with Crippen molar-refractivity contribution < 1.29 is 68.2 Å². The maximum atomic E-state index is 13.9. The number of piperazine rings is 2. The van der Waals surface area contributed by atoms with E-state index in [1.807, 2.05) is 40.5 Å². The summed E-state index contributed by atoms with van der Waals surface area (Å²) in [5, 5.41) is 21.0. The van der Waals surface area contributed by atoms with Gasteiger partial charge in [-0.15, -0.1) is 0 Å². The number of aromatic nitrogens is 2. The Bertz CT molecular complexity index is 2590. The van der Waals surface area contributed by atoms with Crippen molar-refractivity contribution in [2.45, 2.75) is 61.7 Å². The molecule has 0 saturated carbocycles. The third kappa shape index (κ3) is 17.4. The Morgan fingerprint density at radius 1 is 0.904 bits per heavy atom. The molecule has 2 aromatic carbocycles. The maximum absolute atomic E-state index is 13.9. The number of alkyl halides is 6. The summed E-state index contributed by atoms with van der Waals surface area (Å²) in [5.41, 5.74) is 2.85. The van der Waals surface area contributed by atoms with Crippen molar-refractivity contribution in [2.24, 2.45) is 5.92 Å². The summed E-state index contributed by atoms with van der Waals surface area (Å²) in [6.07, 6.45) is -4.84. The number of furan rings is 1. The molecule has 25 heteroatoms. The van der Waals surface area contributed by atoms with Crippen LogP contribution in [0.1, 0.15) is 34.9 Å². The van der Waals surface area contributed by atoms with E-state index < -0.39 is 89.2 Å². The van der Waals surface area contributed by atoms with Gasteiger partial charge in [-0.25, -0.2) is 23.2 Å². The molecule has 73 heavy (non-hydrogen) atoms. The molecule has 3 aliphatic heterocycles. The fourth-order valence-corrected chi connectivity index (χ4v) is 10.3. The molecule has 3 aliphatic rings. The molecule has 18 nitrogen and oxygen atoms in total. The van der Waals surface area contributed by atoms with Crippen LogP contribution in [0.15, 0.2) is 103 Å². The average molecular weight is 1050 g/mol. The molecule has 0 radical (unpaired) electrons. The van der Waals surface area contributed by atoms with Crippen LogP contribution in [0.2, 0.25) is 0 Å². The number of amides is 4. The maximum Gasteiger partial charge on any atom is 0.410 e. The third-order valence-electron chi connectivity index (χ3n) is 12.0. The van der Waals surface area contributed by atoms with Crippen LogP contribution in [-0.2, 0) is 47.7 Å². The number of carbonyl (C=O) groups is 4. The number of nitrogens with one attached hydrogen (secondary N) is 4. The average Bonchev–Trinajstić information content (AvgIpc) is 3.82. The van der Waals surface area contributed by atoms with Crippen molar-refractivity contribution in [3.63, 3.8) is 0 Å². The van der Waals surface area contributed by atoms with Crippen molar-refractivity contribution >= 4 is 33.7 Å². The van der Waals surface area contributed by atoms with Gasteiger partial charge in [0, 0.05) is 64.1 Å². The summed E-state index contributed by atoms with van der Waals surface area (Å²) in [5.74, 6) is -2.17. The number of aliphatic hydroxyl groups excluding tert-OH is 1. The highest BCUT2D eigenvalue weighted by atomic mass is 32.2. The number of rotatable bonds is 17. The SMILES string of the molecule is C=CCOC(=O)N1CCNC[C@H]1C(=O)NCC(F)(F)F.O=C(NC1CS(=O)(=O)Cc2ccccc21)[C@H](Cc1ccccc1)C[C@H](O)CN1CCN(Cc2ccc(-c3cncnc3)o2)C[C@H]1C(=O)NCC(F)(F)F. The number of ether oxygens (including phenoxy) is 1. The molecule has 396 valence electrons. The summed E-state index contributed by atoms with van der Waals surface area (Å²) in [6.45, 7) is 2.03. The molecule has 5 atom stereocenters. The topological polar surface area (TPSA) is 229 Å². The van der Waals surface area contributed by atoms with Crippen molar-refractivity contribution in [3.05, 3.63) is 121 Å². The smallest absolute Gasteiger partial charge is 0.410 e. The first-order chi connectivity index (χ1) is 34.7. The van der Waals surface area contributed by atoms with E-state index in [1.165, 1.54) is 12.4 Å². The minimum atomic E-state index is -4.61. The van der Waals surface area contributed by atoms with E-state index in [-0.39, 0.29) is 70.2 Å². The highest BCUT2D eigenvalue weighted by Crippen LogP contribution is 2.30. The summed E-state index contributed by atoms with van der Waals surface area (Å²) in [7, 11) is -3.48. The fraction of sp³-hybridized carbons (Fsp3) is 0.458. The van der Waals surface area contributed by atoms with E-state index in [4.69, 9.17) is 9.15 Å². The normalized spacial score (nSPS) is 20.0. The van der Waals surface area contributed by atoms with Gasteiger partial charge in [-0.2, -0.15) is 26.3 Å². The Hall–Kier alpha value is -6.41. The third-order valence-corrected chi connectivity index (χ3v) is 13.6. The zero-order chi connectivity index (χ0) is 52.8. The Kier molecular flexibility index (Phi) is 19.5. The van der Waals surface area contributed by atoms with Crippen LogP contribution in [0.5, 0.6) is 0 Å². The molecule has 0 aliphatic carbocycles. The summed E-state index contributed by atoms with van der Waals surface area (Å²) in [4.78, 5) is 63.2. The first kappa shape index (κ1) is 55.9. The number of benzene rings is 2. The lowest BCUT2D eigenvalue weighted by Crippen LogP contribution is -2.60. The quantitative estimate of drug-likeness (QED) is 0.0753. The van der Waals surface area contributed by atoms with Gasteiger partial charge >= 0.3 is 18.4 Å². The summed E-state index contributed by atoms with van der Waals surface area (Å²) >= 11 is 0. The Morgan fingerprint density at radius 3 is 2.26 bits per heavy atom. The molecule has 5 N–H and O–H groups in total. The number of halogens is 6. The first-order valence-corrected chi connectivity index (χ1v) is 25.0. The van der Waals surface area contributed by atoms with Crippen LogP contribution >= 0.6 is 0 Å². The van der Waals surface area contributed by atoms with Gasteiger partial charge in [-0.1, -0.05) is 67.3 Å². The standard InChI is InChI=1S/C37H41F3N6O6S.C11H16F3N3O3/c38-37(39,40)23-43-36(49)33-20-45(19-30-10-11-34(52-30)28-16-41-24-42-17-28)12-13-46(33)18-29(47)15-27(14-25-6-2-1-3-7-25)35(48)44-32-22-53(50,51)21-26-8-4-5-9-31(26)32;1-2-5-20-10(19)17-4-3-15-6-8(17)9(18)16-7-11(12,13)14/h1-11,16-17,24,27,29,32-33,47H,12-15,18-23H2,(H,43,49)(H,44,48);2,8,15H,1,3-7H2,(H,16,18)/t27-,29+,32?,33+;8-/m10/s1. The number of aliphatic hydroxyl groups is 1. The highest BCUT2D eigenvalue weighted by Gasteiger charge is 2.39. The zero-order valence-electron chi connectivity index (χ0n) is 39.5. The van der Waals surface area contributed by atoms with E-state index in [0.29, 0.717) is 35.7 Å². The van der Waals surface area contributed by atoms with Gasteiger partial charge in [0.05, 0.1) is 35.8 Å². The Balaban J connectivity index is 0.000000365. The molecular formula is C48H57F6N9O9S. The van der Waals surface area contributed by atoms with Gasteiger partial charge in [0.2, 0.25) is 17.7 Å². The van der Waals surface area contributed by atoms with Crippen molar-refractivity contribution in [2.75, 3.05) is 71.3 Å². The number of nitrogens with zero attached hydrogens (tertiary/aromatic N) is 5. The minimum absolute atomic E-state index is 0.0281. The number of β-amino-alcohol motifs (C(OH)–C–C–N with tert-alkyl or cyclic N) is 1. The lowest BCUT2D eigenvalue weighted by Gasteiger charge is -2.41. The molecule has 0 bridgehead atoms. The predicted octanol–water partition coefficient (Wildman–Crippen LogP) is 3.56. The molecule has 2 fully saturated rings. The van der Waals surface area contributed by atoms with Crippen LogP contribution < -0.4 is 21.3 Å². The van der Waals surface area contributed by atoms with Gasteiger partial charge in [0.25, 0.3) is 0 Å². The monoisotopic (exact) mass is 1050 g/mol. The first-order valence-electron chi connectivity index (χ1n) is 23.2. The van der Waals surface area contributed by atoms with Crippen LogP contribution in [0.3, 0.4) is 0 Å². The van der Waals surface area contributed by atoms with E-state index >= 15 is 0 Å². The number of hydrogen-bond donors (Lipinski definition) is 5. The molecule has 1 unspecified atom stereocenters. The van der Waals surface area contributed by atoms with Gasteiger partial charge in [-0.05, 0) is 41.7 Å². The van der Waals surface area contributed by atoms with E-state index in [2.05, 4.69) is 27.2 Å². The van der Waals surface area contributed by atoms with E-state index in [9.17, 15) is 59.0 Å². The second-order valence-corrected chi connectivity index (χ2v) is 19.8. The van der Waals surface area contributed by atoms with Crippen LogP contribution in [0.25, 0.3) is 11.3 Å². The van der Waals surface area contributed by atoms with Gasteiger partial charge < -0.3 is 35.5 Å². The second-order valence-electron chi connectivity index (χ2n) is 17.7. The number of fused-ring (bicyclic) bond motifs is 1. The number of hydrogen-bond acceptors (Lipinski definition) is 14. The zero-order valence-corrected chi connectivity index (χ0v) is 40.3. The molecule has 2 aromatic heterocycles. The largest absolute Gasteiger partial charge is 0.460 e. The number of sulfone groups is 1. The van der Waals surface area contributed by atoms with E-state index in [1.54, 1.807) is 59.0 Å². The van der Waals surface area contributed by atoms with Crippen LogP contribution in [0, 0.1) is 5.92 Å².